The van der Waals surface area contributed by atoms with Crippen molar-refractivity contribution in [2.45, 2.75) is 25.8 Å². The van der Waals surface area contributed by atoms with Crippen LogP contribution >= 0.6 is 0 Å². The lowest BCUT2D eigenvalue weighted by molar-refractivity contribution is 0.321. The van der Waals surface area contributed by atoms with Gasteiger partial charge in [-0.3, -0.25) is 4.98 Å². The Morgan fingerprint density at radius 1 is 1.38 bits per heavy atom. The molecule has 0 aromatic carbocycles. The zero-order valence-electron chi connectivity index (χ0n) is 10.1. The molecule has 16 heavy (non-hydrogen) atoms. The number of hydrogen-bond acceptors (Lipinski definition) is 4. The van der Waals surface area contributed by atoms with Gasteiger partial charge in [0.15, 0.2) is 0 Å². The van der Waals surface area contributed by atoms with E-state index >= 15 is 0 Å². The molecule has 0 radical (unpaired) electrons. The number of nitrogens with zero attached hydrogens (tertiary/aromatic N) is 3. The summed E-state index contributed by atoms with van der Waals surface area (Å²) in [6, 6.07) is 0. The van der Waals surface area contributed by atoms with Gasteiger partial charge in [-0.05, 0) is 25.8 Å². The summed E-state index contributed by atoms with van der Waals surface area (Å²) >= 11 is 0. The summed E-state index contributed by atoms with van der Waals surface area (Å²) in [4.78, 5) is 11.0. The minimum absolute atomic E-state index is 0.777. The summed E-state index contributed by atoms with van der Waals surface area (Å²) in [5, 5.41) is 3.07. The number of anilines is 1. The van der Waals surface area contributed by atoms with Crippen LogP contribution in [0.15, 0.2) is 12.4 Å². The Labute approximate surface area is 97.1 Å². The van der Waals surface area contributed by atoms with Crippen LogP contribution in [0.1, 0.15) is 25.0 Å². The van der Waals surface area contributed by atoms with E-state index in [0.717, 1.165) is 30.5 Å². The third-order valence-corrected chi connectivity index (χ3v) is 3.20. The van der Waals surface area contributed by atoms with Gasteiger partial charge in [0.2, 0.25) is 0 Å². The standard InChI is InChI=1S/C12H20N4/c1-13-6-11-7-15-12(8-14-11)16(2)9-10-4-3-5-10/h7-8,10,13H,3-6,9H2,1-2H3. The lowest BCUT2D eigenvalue weighted by Crippen LogP contribution is -2.30. The fourth-order valence-corrected chi connectivity index (χ4v) is 1.97. The smallest absolute Gasteiger partial charge is 0.146 e. The molecular formula is C12H20N4. The first kappa shape index (κ1) is 11.3. The molecule has 1 N–H and O–H groups in total. The average Bonchev–Trinajstić information content (AvgIpc) is 2.25. The lowest BCUT2D eigenvalue weighted by atomic mass is 9.85. The van der Waals surface area contributed by atoms with Crippen molar-refractivity contribution in [1.29, 1.82) is 0 Å². The summed E-state index contributed by atoms with van der Waals surface area (Å²) in [6.45, 7) is 1.89. The van der Waals surface area contributed by atoms with Crippen molar-refractivity contribution in [3.05, 3.63) is 18.1 Å². The number of rotatable bonds is 5. The van der Waals surface area contributed by atoms with Crippen LogP contribution in [0.3, 0.4) is 0 Å². The van der Waals surface area contributed by atoms with Crippen LogP contribution < -0.4 is 10.2 Å². The number of aromatic nitrogens is 2. The Morgan fingerprint density at radius 2 is 2.19 bits per heavy atom. The van der Waals surface area contributed by atoms with Crippen molar-refractivity contribution in [3.8, 4) is 0 Å². The SMILES string of the molecule is CNCc1cnc(N(C)CC2CCC2)cn1. The number of nitrogens with one attached hydrogen (secondary N) is 1. The second-order valence-electron chi connectivity index (χ2n) is 4.57. The van der Waals surface area contributed by atoms with Crippen LogP contribution in [0.5, 0.6) is 0 Å². The molecule has 1 saturated carbocycles. The van der Waals surface area contributed by atoms with E-state index in [4.69, 9.17) is 0 Å². The van der Waals surface area contributed by atoms with Crippen LogP contribution in [-0.4, -0.2) is 30.6 Å². The topological polar surface area (TPSA) is 41.1 Å². The van der Waals surface area contributed by atoms with E-state index in [1.807, 2.05) is 19.4 Å². The van der Waals surface area contributed by atoms with Gasteiger partial charge >= 0.3 is 0 Å². The van der Waals surface area contributed by atoms with Crippen LogP contribution in [0.25, 0.3) is 0 Å². The van der Waals surface area contributed by atoms with Crippen molar-refractivity contribution in [2.24, 2.45) is 5.92 Å². The summed E-state index contributed by atoms with van der Waals surface area (Å²) in [5.41, 5.74) is 0.989. The lowest BCUT2D eigenvalue weighted by Gasteiger charge is -2.30. The molecule has 1 fully saturated rings. The second-order valence-corrected chi connectivity index (χ2v) is 4.57. The molecule has 2 rings (SSSR count). The normalized spacial score (nSPS) is 15.9. The molecule has 1 aliphatic rings. The quantitative estimate of drug-likeness (QED) is 0.815. The third kappa shape index (κ3) is 2.70. The zero-order chi connectivity index (χ0) is 11.4. The molecular weight excluding hydrogens is 200 g/mol. The molecule has 0 unspecified atom stereocenters. The molecule has 4 heteroatoms. The summed E-state index contributed by atoms with van der Waals surface area (Å²) < 4.78 is 0. The Hall–Kier alpha value is -1.16. The fourth-order valence-electron chi connectivity index (χ4n) is 1.97. The highest BCUT2D eigenvalue weighted by Gasteiger charge is 2.19. The van der Waals surface area contributed by atoms with E-state index < -0.39 is 0 Å². The molecule has 0 atom stereocenters. The monoisotopic (exact) mass is 220 g/mol. The first-order valence-electron chi connectivity index (χ1n) is 5.96. The van der Waals surface area contributed by atoms with Crippen molar-refractivity contribution in [3.63, 3.8) is 0 Å². The van der Waals surface area contributed by atoms with E-state index in [1.165, 1.54) is 19.3 Å². The van der Waals surface area contributed by atoms with E-state index in [0.29, 0.717) is 0 Å². The van der Waals surface area contributed by atoms with E-state index in [1.54, 1.807) is 0 Å². The minimum Gasteiger partial charge on any atom is -0.358 e. The Balaban J connectivity index is 1.91. The Morgan fingerprint density at radius 3 is 2.69 bits per heavy atom. The Kier molecular flexibility index (Phi) is 3.72. The highest BCUT2D eigenvalue weighted by atomic mass is 15.2. The predicted molar refractivity (Wildman–Crippen MR) is 65.4 cm³/mol. The molecule has 0 bridgehead atoms. The van der Waals surface area contributed by atoms with E-state index in [9.17, 15) is 0 Å². The van der Waals surface area contributed by atoms with Gasteiger partial charge in [-0.15, -0.1) is 0 Å². The molecule has 1 aromatic rings. The van der Waals surface area contributed by atoms with Gasteiger partial charge in [-0.1, -0.05) is 6.42 Å². The maximum atomic E-state index is 4.43. The molecule has 1 aliphatic carbocycles. The van der Waals surface area contributed by atoms with Gasteiger partial charge < -0.3 is 10.2 Å². The van der Waals surface area contributed by atoms with Gasteiger partial charge in [0.1, 0.15) is 5.82 Å². The number of hydrogen-bond donors (Lipinski definition) is 1. The van der Waals surface area contributed by atoms with Gasteiger partial charge in [0.05, 0.1) is 18.1 Å². The van der Waals surface area contributed by atoms with Gasteiger partial charge in [-0.2, -0.15) is 0 Å². The minimum atomic E-state index is 0.777. The largest absolute Gasteiger partial charge is 0.358 e. The van der Waals surface area contributed by atoms with E-state index in [-0.39, 0.29) is 0 Å². The van der Waals surface area contributed by atoms with Crippen LogP contribution in [-0.2, 0) is 6.54 Å². The first-order valence-corrected chi connectivity index (χ1v) is 5.96. The van der Waals surface area contributed by atoms with Crippen molar-refractivity contribution in [1.82, 2.24) is 15.3 Å². The van der Waals surface area contributed by atoms with Crippen LogP contribution in [0, 0.1) is 5.92 Å². The predicted octanol–water partition coefficient (Wildman–Crippen LogP) is 1.43. The van der Waals surface area contributed by atoms with E-state index in [2.05, 4.69) is 27.2 Å². The van der Waals surface area contributed by atoms with Gasteiger partial charge in [0.25, 0.3) is 0 Å². The van der Waals surface area contributed by atoms with Crippen molar-refractivity contribution < 1.29 is 0 Å². The molecule has 1 heterocycles. The molecule has 0 saturated heterocycles. The Bertz CT molecular complexity index is 318. The van der Waals surface area contributed by atoms with Gasteiger partial charge in [0, 0.05) is 20.1 Å². The van der Waals surface area contributed by atoms with Crippen molar-refractivity contribution >= 4 is 5.82 Å². The summed E-state index contributed by atoms with van der Waals surface area (Å²) in [6.07, 6.45) is 7.85. The van der Waals surface area contributed by atoms with Crippen LogP contribution in [0.4, 0.5) is 5.82 Å². The molecule has 4 nitrogen and oxygen atoms in total. The third-order valence-electron chi connectivity index (χ3n) is 3.20. The van der Waals surface area contributed by atoms with Crippen molar-refractivity contribution in [2.75, 3.05) is 25.5 Å². The second kappa shape index (κ2) is 5.25. The first-order chi connectivity index (χ1) is 7.79. The molecule has 0 amide bonds. The maximum absolute atomic E-state index is 4.43. The average molecular weight is 220 g/mol. The maximum Gasteiger partial charge on any atom is 0.146 e. The highest BCUT2D eigenvalue weighted by Crippen LogP contribution is 2.27. The highest BCUT2D eigenvalue weighted by molar-refractivity contribution is 5.34. The summed E-state index contributed by atoms with van der Waals surface area (Å²) in [7, 11) is 4.01. The van der Waals surface area contributed by atoms with Crippen LogP contribution in [0.2, 0.25) is 0 Å². The molecule has 88 valence electrons. The zero-order valence-corrected chi connectivity index (χ0v) is 10.1. The summed E-state index contributed by atoms with van der Waals surface area (Å²) in [5.74, 6) is 1.84. The van der Waals surface area contributed by atoms with Gasteiger partial charge in [-0.25, -0.2) is 4.98 Å². The molecule has 1 aromatic heterocycles. The molecule has 0 aliphatic heterocycles. The molecule has 0 spiro atoms. The fraction of sp³-hybridized carbons (Fsp3) is 0.667.